The largest absolute Gasteiger partial charge is 0.364 e. The molecule has 0 amide bonds. The molecular formula is C4H3NOS. The van der Waals surface area contributed by atoms with E-state index in [4.69, 9.17) is 0 Å². The predicted octanol–water partition coefficient (Wildman–Crippen LogP) is 1.02. The van der Waals surface area contributed by atoms with Crippen molar-refractivity contribution in [3.8, 4) is 0 Å². The average molecular weight is 113 g/mol. The van der Waals surface area contributed by atoms with Crippen LogP contribution in [0.3, 0.4) is 0 Å². The molecule has 0 saturated heterocycles. The first-order valence-electron chi connectivity index (χ1n) is 1.78. The highest BCUT2D eigenvalue weighted by atomic mass is 32.1. The van der Waals surface area contributed by atoms with Crippen molar-refractivity contribution >= 4 is 17.6 Å². The standard InChI is InChI=1S/C4H3NOS/c7-3-4-1-5-6-2-4/h1-3H. The van der Waals surface area contributed by atoms with Crippen molar-refractivity contribution in [2.24, 2.45) is 0 Å². The van der Waals surface area contributed by atoms with Crippen LogP contribution in [0.5, 0.6) is 0 Å². The molecule has 1 heterocycles. The van der Waals surface area contributed by atoms with Gasteiger partial charge < -0.3 is 4.52 Å². The van der Waals surface area contributed by atoms with Gasteiger partial charge in [0.05, 0.1) is 6.20 Å². The summed E-state index contributed by atoms with van der Waals surface area (Å²) in [6.07, 6.45) is 3.06. The van der Waals surface area contributed by atoms with Gasteiger partial charge in [-0.2, -0.15) is 0 Å². The summed E-state index contributed by atoms with van der Waals surface area (Å²) in [5.41, 5.74) is 0.843. The van der Waals surface area contributed by atoms with Crippen LogP contribution in [0.1, 0.15) is 5.56 Å². The minimum Gasteiger partial charge on any atom is -0.364 e. The molecule has 0 atom stereocenters. The van der Waals surface area contributed by atoms with Gasteiger partial charge in [0.2, 0.25) is 0 Å². The maximum Gasteiger partial charge on any atom is 0.131 e. The molecule has 3 heteroatoms. The lowest BCUT2D eigenvalue weighted by Gasteiger charge is -1.64. The molecule has 1 aromatic heterocycles. The molecule has 0 spiro atoms. The number of aromatic nitrogens is 1. The molecule has 0 aliphatic carbocycles. The highest BCUT2D eigenvalue weighted by Gasteiger charge is 1.83. The number of hydrogen-bond acceptors (Lipinski definition) is 3. The summed E-state index contributed by atoms with van der Waals surface area (Å²) in [6.45, 7) is 0. The first-order chi connectivity index (χ1) is 3.43. The van der Waals surface area contributed by atoms with Gasteiger partial charge in [0.15, 0.2) is 0 Å². The molecule has 0 fully saturated rings. The monoisotopic (exact) mass is 113 g/mol. The van der Waals surface area contributed by atoms with Crippen LogP contribution < -0.4 is 0 Å². The first kappa shape index (κ1) is 4.46. The topological polar surface area (TPSA) is 26.0 Å². The molecule has 0 bridgehead atoms. The van der Waals surface area contributed by atoms with Crippen molar-refractivity contribution in [3.05, 3.63) is 18.0 Å². The Morgan fingerprint density at radius 2 is 2.71 bits per heavy atom. The van der Waals surface area contributed by atoms with Crippen molar-refractivity contribution in [2.45, 2.75) is 0 Å². The van der Waals surface area contributed by atoms with Crippen LogP contribution in [0.2, 0.25) is 0 Å². The zero-order valence-electron chi connectivity index (χ0n) is 3.50. The second-order valence-corrected chi connectivity index (χ2v) is 1.31. The van der Waals surface area contributed by atoms with E-state index in [2.05, 4.69) is 21.9 Å². The zero-order valence-corrected chi connectivity index (χ0v) is 4.31. The minimum atomic E-state index is 0.843. The van der Waals surface area contributed by atoms with Gasteiger partial charge in [0.25, 0.3) is 0 Å². The normalized spacial score (nSPS) is 8.57. The third kappa shape index (κ3) is 0.838. The SMILES string of the molecule is S=Cc1cnoc1. The Hall–Kier alpha value is -0.700. The summed E-state index contributed by atoms with van der Waals surface area (Å²) in [6, 6.07) is 0. The summed E-state index contributed by atoms with van der Waals surface area (Å²) in [7, 11) is 0. The second kappa shape index (κ2) is 1.84. The first-order valence-corrected chi connectivity index (χ1v) is 2.25. The lowest BCUT2D eigenvalue weighted by Crippen LogP contribution is -1.63. The Bertz CT molecular complexity index is 147. The number of hydrogen-bond donors (Lipinski definition) is 0. The highest BCUT2D eigenvalue weighted by molar-refractivity contribution is 7.79. The third-order valence-electron chi connectivity index (χ3n) is 0.588. The molecule has 0 radical (unpaired) electrons. The van der Waals surface area contributed by atoms with Crippen molar-refractivity contribution < 1.29 is 4.52 Å². The van der Waals surface area contributed by atoms with E-state index in [-0.39, 0.29) is 0 Å². The van der Waals surface area contributed by atoms with Gasteiger partial charge in [-0.25, -0.2) is 0 Å². The van der Waals surface area contributed by atoms with Gasteiger partial charge in [0.1, 0.15) is 6.26 Å². The number of thiocarbonyl (C=S) groups is 1. The van der Waals surface area contributed by atoms with Crippen LogP contribution in [0.4, 0.5) is 0 Å². The molecular weight excluding hydrogens is 110 g/mol. The quantitative estimate of drug-likeness (QED) is 0.508. The van der Waals surface area contributed by atoms with E-state index in [1.54, 1.807) is 6.20 Å². The molecule has 36 valence electrons. The van der Waals surface area contributed by atoms with Gasteiger partial charge in [0, 0.05) is 10.9 Å². The summed E-state index contributed by atoms with van der Waals surface area (Å²) in [5.74, 6) is 0. The van der Waals surface area contributed by atoms with Crippen LogP contribution in [-0.4, -0.2) is 10.5 Å². The Morgan fingerprint density at radius 1 is 1.86 bits per heavy atom. The van der Waals surface area contributed by atoms with Crippen LogP contribution in [0.15, 0.2) is 17.0 Å². The van der Waals surface area contributed by atoms with E-state index in [9.17, 15) is 0 Å². The molecule has 7 heavy (non-hydrogen) atoms. The molecule has 1 aromatic rings. The van der Waals surface area contributed by atoms with Gasteiger partial charge in [-0.15, -0.1) is 0 Å². The number of nitrogens with zero attached hydrogens (tertiary/aromatic N) is 1. The fourth-order valence-electron chi connectivity index (χ4n) is 0.271. The summed E-state index contributed by atoms with van der Waals surface area (Å²) in [4.78, 5) is 0. The number of rotatable bonds is 1. The lowest BCUT2D eigenvalue weighted by molar-refractivity contribution is 0.419. The maximum atomic E-state index is 4.55. The minimum absolute atomic E-state index is 0.843. The third-order valence-corrected chi connectivity index (χ3v) is 0.860. The smallest absolute Gasteiger partial charge is 0.131 e. The van der Waals surface area contributed by atoms with E-state index in [0.717, 1.165) is 5.56 Å². The Balaban J connectivity index is 2.96. The second-order valence-electron chi connectivity index (χ2n) is 1.08. The molecule has 1 rings (SSSR count). The van der Waals surface area contributed by atoms with Crippen molar-refractivity contribution in [2.75, 3.05) is 0 Å². The van der Waals surface area contributed by atoms with Crippen LogP contribution in [0, 0.1) is 0 Å². The van der Waals surface area contributed by atoms with E-state index in [0.29, 0.717) is 0 Å². The Morgan fingerprint density at radius 3 is 3.00 bits per heavy atom. The molecule has 0 aliphatic rings. The summed E-state index contributed by atoms with van der Waals surface area (Å²) >= 11 is 4.55. The van der Waals surface area contributed by atoms with E-state index in [1.165, 1.54) is 11.6 Å². The zero-order chi connectivity index (χ0) is 5.11. The van der Waals surface area contributed by atoms with Gasteiger partial charge in [-0.1, -0.05) is 17.4 Å². The predicted molar refractivity (Wildman–Crippen MR) is 29.3 cm³/mol. The molecule has 0 aliphatic heterocycles. The van der Waals surface area contributed by atoms with Crippen LogP contribution in [0.25, 0.3) is 0 Å². The van der Waals surface area contributed by atoms with E-state index in [1.807, 2.05) is 0 Å². The lowest BCUT2D eigenvalue weighted by atomic mass is 10.4. The maximum absolute atomic E-state index is 4.55. The van der Waals surface area contributed by atoms with Crippen molar-refractivity contribution in [1.82, 2.24) is 5.16 Å². The Labute approximate surface area is 46.1 Å². The van der Waals surface area contributed by atoms with Gasteiger partial charge >= 0.3 is 0 Å². The average Bonchev–Trinajstić information content (AvgIpc) is 2.14. The molecule has 0 saturated carbocycles. The van der Waals surface area contributed by atoms with Crippen LogP contribution >= 0.6 is 12.2 Å². The summed E-state index contributed by atoms with van der Waals surface area (Å²) in [5, 5.41) is 4.93. The molecule has 0 aromatic carbocycles. The van der Waals surface area contributed by atoms with E-state index >= 15 is 0 Å². The van der Waals surface area contributed by atoms with Gasteiger partial charge in [-0.3, -0.25) is 0 Å². The van der Waals surface area contributed by atoms with Gasteiger partial charge in [-0.05, 0) is 0 Å². The highest BCUT2D eigenvalue weighted by Crippen LogP contribution is 1.89. The Kier molecular flexibility index (Phi) is 1.17. The van der Waals surface area contributed by atoms with Crippen molar-refractivity contribution in [1.29, 1.82) is 0 Å². The molecule has 0 N–H and O–H groups in total. The van der Waals surface area contributed by atoms with E-state index < -0.39 is 0 Å². The fraction of sp³-hybridized carbons (Fsp3) is 0. The molecule has 0 unspecified atom stereocenters. The fourth-order valence-corrected chi connectivity index (χ4v) is 0.388. The van der Waals surface area contributed by atoms with Crippen LogP contribution in [-0.2, 0) is 0 Å². The summed E-state index contributed by atoms with van der Waals surface area (Å²) < 4.78 is 4.46. The van der Waals surface area contributed by atoms with Crippen molar-refractivity contribution in [3.63, 3.8) is 0 Å². The molecule has 2 nitrogen and oxygen atoms in total.